The molecule has 2 rings (SSSR count). The number of hydrogen-bond acceptors (Lipinski definition) is 3. The first kappa shape index (κ1) is 16.7. The summed E-state index contributed by atoms with van der Waals surface area (Å²) in [6.45, 7) is 1.93. The van der Waals surface area contributed by atoms with Crippen LogP contribution in [0.2, 0.25) is 0 Å². The highest BCUT2D eigenvalue weighted by Crippen LogP contribution is 2.13. The molecule has 1 N–H and O–H groups in total. The van der Waals surface area contributed by atoms with Gasteiger partial charge in [-0.2, -0.15) is 5.10 Å². The summed E-state index contributed by atoms with van der Waals surface area (Å²) in [5.74, 6) is -0.574. The molecule has 0 saturated carbocycles. The Kier molecular flexibility index (Phi) is 5.46. The first-order valence-corrected chi connectivity index (χ1v) is 7.41. The monoisotopic (exact) mass is 313 g/mol. The van der Waals surface area contributed by atoms with Gasteiger partial charge in [0.2, 0.25) is 0 Å². The van der Waals surface area contributed by atoms with E-state index in [0.717, 1.165) is 11.3 Å². The van der Waals surface area contributed by atoms with Gasteiger partial charge in [0.15, 0.2) is 0 Å². The summed E-state index contributed by atoms with van der Waals surface area (Å²) in [4.78, 5) is 14.2. The van der Waals surface area contributed by atoms with Gasteiger partial charge in [-0.1, -0.05) is 25.1 Å². The quantitative estimate of drug-likeness (QED) is 0.679. The molecule has 0 aliphatic heterocycles. The molecular weight excluding hydrogens is 293 g/mol. The van der Waals surface area contributed by atoms with Crippen LogP contribution in [0.25, 0.3) is 0 Å². The smallest absolute Gasteiger partial charge is 0.271 e. The minimum atomic E-state index is -0.297. The second kappa shape index (κ2) is 7.54. The zero-order valence-electron chi connectivity index (χ0n) is 13.5. The third kappa shape index (κ3) is 4.39. The van der Waals surface area contributed by atoms with Crippen molar-refractivity contribution in [3.05, 3.63) is 65.5 Å². The number of hydrazone groups is 1. The number of carbonyl (C=O) groups is 1. The summed E-state index contributed by atoms with van der Waals surface area (Å²) in [5.41, 5.74) is 5.53. The Bertz CT molecular complexity index is 708. The Hall–Kier alpha value is -2.69. The van der Waals surface area contributed by atoms with Crippen LogP contribution in [0, 0.1) is 5.82 Å². The summed E-state index contributed by atoms with van der Waals surface area (Å²) in [7, 11) is 3.83. The molecule has 2 aromatic rings. The Balaban J connectivity index is 2.15. The van der Waals surface area contributed by atoms with E-state index in [1.807, 2.05) is 38.1 Å². The van der Waals surface area contributed by atoms with Crippen molar-refractivity contribution in [2.75, 3.05) is 19.0 Å². The van der Waals surface area contributed by atoms with Gasteiger partial charge in [0.1, 0.15) is 5.82 Å². The number of anilines is 1. The van der Waals surface area contributed by atoms with E-state index < -0.39 is 0 Å². The van der Waals surface area contributed by atoms with Gasteiger partial charge in [-0.15, -0.1) is 0 Å². The molecule has 0 bridgehead atoms. The fraction of sp³-hybridized carbons (Fsp3) is 0.222. The lowest BCUT2D eigenvalue weighted by molar-refractivity contribution is 0.0955. The molecule has 5 heteroatoms. The molecule has 0 atom stereocenters. The summed E-state index contributed by atoms with van der Waals surface area (Å²) in [5, 5.41) is 4.17. The van der Waals surface area contributed by atoms with Crippen molar-refractivity contribution >= 4 is 17.3 Å². The number of rotatable bonds is 5. The lowest BCUT2D eigenvalue weighted by Crippen LogP contribution is -2.20. The number of benzene rings is 2. The van der Waals surface area contributed by atoms with Crippen LogP contribution in [0.5, 0.6) is 0 Å². The fourth-order valence-electron chi connectivity index (χ4n) is 2.10. The first-order chi connectivity index (χ1) is 11.0. The zero-order valence-corrected chi connectivity index (χ0v) is 13.5. The van der Waals surface area contributed by atoms with Crippen molar-refractivity contribution in [2.45, 2.75) is 13.3 Å². The van der Waals surface area contributed by atoms with Crippen LogP contribution in [0.3, 0.4) is 0 Å². The lowest BCUT2D eigenvalue weighted by Gasteiger charge is -2.13. The zero-order chi connectivity index (χ0) is 16.8. The number of hydrogen-bond donors (Lipinski definition) is 1. The second-order valence-corrected chi connectivity index (χ2v) is 5.30. The summed E-state index contributed by atoms with van der Waals surface area (Å²) < 4.78 is 13.0. The summed E-state index contributed by atoms with van der Waals surface area (Å²) in [6, 6.07) is 13.3. The molecular formula is C18H20FN3O. The topological polar surface area (TPSA) is 44.7 Å². The van der Waals surface area contributed by atoms with Gasteiger partial charge in [-0.05, 0) is 42.3 Å². The van der Waals surface area contributed by atoms with Crippen LogP contribution in [0.15, 0.2) is 53.6 Å². The molecule has 0 heterocycles. The molecule has 0 aromatic heterocycles. The molecule has 0 radical (unpaired) electrons. The molecule has 120 valence electrons. The van der Waals surface area contributed by atoms with E-state index in [9.17, 15) is 9.18 Å². The standard InChI is InChI=1S/C18H20FN3O/c1-4-17(13-8-10-15(19)11-9-13)20-21-18(23)14-6-5-7-16(12-14)22(2)3/h5-12H,4H2,1-3H3,(H,21,23)/b20-17+. The molecule has 0 fully saturated rings. The molecule has 0 saturated heterocycles. The first-order valence-electron chi connectivity index (χ1n) is 7.41. The van der Waals surface area contributed by atoms with Crippen LogP contribution in [0.4, 0.5) is 10.1 Å². The van der Waals surface area contributed by atoms with Crippen molar-refractivity contribution in [3.8, 4) is 0 Å². The van der Waals surface area contributed by atoms with E-state index >= 15 is 0 Å². The van der Waals surface area contributed by atoms with Gasteiger partial charge in [-0.3, -0.25) is 4.79 Å². The van der Waals surface area contributed by atoms with Gasteiger partial charge in [0.25, 0.3) is 5.91 Å². The molecule has 23 heavy (non-hydrogen) atoms. The highest BCUT2D eigenvalue weighted by molar-refractivity contribution is 6.02. The van der Waals surface area contributed by atoms with Crippen molar-refractivity contribution in [1.29, 1.82) is 0 Å². The van der Waals surface area contributed by atoms with Crippen LogP contribution < -0.4 is 10.3 Å². The number of halogens is 1. The van der Waals surface area contributed by atoms with Gasteiger partial charge < -0.3 is 4.90 Å². The maximum Gasteiger partial charge on any atom is 0.271 e. The van der Waals surface area contributed by atoms with Crippen molar-refractivity contribution < 1.29 is 9.18 Å². The minimum Gasteiger partial charge on any atom is -0.378 e. The Morgan fingerprint density at radius 1 is 1.13 bits per heavy atom. The average Bonchev–Trinajstić information content (AvgIpc) is 2.56. The molecule has 0 aliphatic rings. The van der Waals surface area contributed by atoms with E-state index in [0.29, 0.717) is 17.7 Å². The third-order valence-corrected chi connectivity index (χ3v) is 3.43. The van der Waals surface area contributed by atoms with Crippen molar-refractivity contribution in [2.24, 2.45) is 5.10 Å². The van der Waals surface area contributed by atoms with Crippen molar-refractivity contribution in [1.82, 2.24) is 5.43 Å². The van der Waals surface area contributed by atoms with E-state index in [1.54, 1.807) is 24.3 Å². The van der Waals surface area contributed by atoms with Crippen LogP contribution in [-0.4, -0.2) is 25.7 Å². The number of nitrogens with zero attached hydrogens (tertiary/aromatic N) is 2. The maximum absolute atomic E-state index is 13.0. The minimum absolute atomic E-state index is 0.276. The number of amides is 1. The van der Waals surface area contributed by atoms with Gasteiger partial charge >= 0.3 is 0 Å². The molecule has 0 spiro atoms. The van der Waals surface area contributed by atoms with E-state index in [1.165, 1.54) is 12.1 Å². The second-order valence-electron chi connectivity index (χ2n) is 5.30. The summed E-state index contributed by atoms with van der Waals surface area (Å²) >= 11 is 0. The molecule has 0 aliphatic carbocycles. The fourth-order valence-corrected chi connectivity index (χ4v) is 2.10. The van der Waals surface area contributed by atoms with Crippen LogP contribution >= 0.6 is 0 Å². The maximum atomic E-state index is 13.0. The lowest BCUT2D eigenvalue weighted by atomic mass is 10.1. The van der Waals surface area contributed by atoms with Crippen LogP contribution in [0.1, 0.15) is 29.3 Å². The van der Waals surface area contributed by atoms with E-state index in [2.05, 4.69) is 10.5 Å². The van der Waals surface area contributed by atoms with Crippen molar-refractivity contribution in [3.63, 3.8) is 0 Å². The average molecular weight is 313 g/mol. The predicted octanol–water partition coefficient (Wildman–Crippen LogP) is 3.44. The molecule has 1 amide bonds. The highest BCUT2D eigenvalue weighted by Gasteiger charge is 2.08. The molecule has 4 nitrogen and oxygen atoms in total. The molecule has 2 aromatic carbocycles. The normalized spacial score (nSPS) is 11.2. The van der Waals surface area contributed by atoms with E-state index in [4.69, 9.17) is 0 Å². The number of carbonyl (C=O) groups excluding carboxylic acids is 1. The van der Waals surface area contributed by atoms with Gasteiger partial charge in [0, 0.05) is 25.3 Å². The van der Waals surface area contributed by atoms with Gasteiger partial charge in [-0.25, -0.2) is 9.82 Å². The van der Waals surface area contributed by atoms with Crippen LogP contribution in [-0.2, 0) is 0 Å². The molecule has 0 unspecified atom stereocenters. The summed E-state index contributed by atoms with van der Waals surface area (Å²) in [6.07, 6.45) is 0.629. The highest BCUT2D eigenvalue weighted by atomic mass is 19.1. The van der Waals surface area contributed by atoms with Gasteiger partial charge in [0.05, 0.1) is 5.71 Å². The Morgan fingerprint density at radius 3 is 2.43 bits per heavy atom. The third-order valence-electron chi connectivity index (χ3n) is 3.43. The SMILES string of the molecule is CC/C(=N\NC(=O)c1cccc(N(C)C)c1)c1ccc(F)cc1. The largest absolute Gasteiger partial charge is 0.378 e. The Labute approximate surface area is 135 Å². The van der Waals surface area contributed by atoms with E-state index in [-0.39, 0.29) is 11.7 Å². The number of nitrogens with one attached hydrogen (secondary N) is 1. The Morgan fingerprint density at radius 2 is 1.83 bits per heavy atom. The predicted molar refractivity (Wildman–Crippen MR) is 91.5 cm³/mol.